The van der Waals surface area contributed by atoms with Gasteiger partial charge in [-0.2, -0.15) is 0 Å². The number of hydrogen-bond donors (Lipinski definition) is 2. The summed E-state index contributed by atoms with van der Waals surface area (Å²) in [6, 6.07) is 17.4. The third-order valence-corrected chi connectivity index (χ3v) is 4.63. The van der Waals surface area contributed by atoms with Crippen LogP contribution in [0.3, 0.4) is 0 Å². The van der Waals surface area contributed by atoms with Crippen molar-refractivity contribution in [3.8, 4) is 0 Å². The molecule has 1 aromatic heterocycles. The Bertz CT molecular complexity index is 855. The lowest BCUT2D eigenvalue weighted by molar-refractivity contribution is 0.0973. The number of aromatic nitrogens is 1. The van der Waals surface area contributed by atoms with Crippen LogP contribution in [0.25, 0.3) is 10.9 Å². The lowest BCUT2D eigenvalue weighted by Gasteiger charge is -2.20. The molecule has 2 N–H and O–H groups in total. The summed E-state index contributed by atoms with van der Waals surface area (Å²) in [5.74, 6) is 0.116. The van der Waals surface area contributed by atoms with Crippen molar-refractivity contribution in [2.45, 2.75) is 25.5 Å². The normalized spacial score (nSPS) is 13.7. The third kappa shape index (κ3) is 3.81. The monoisotopic (exact) mass is 336 g/mol. The van der Waals surface area contributed by atoms with E-state index in [4.69, 9.17) is 0 Å². The summed E-state index contributed by atoms with van der Waals surface area (Å²) in [7, 11) is 1.95. The maximum absolute atomic E-state index is 12.6. The molecule has 0 aliphatic heterocycles. The van der Waals surface area contributed by atoms with Crippen molar-refractivity contribution in [3.05, 3.63) is 71.9 Å². The maximum Gasteiger partial charge on any atom is 0.166 e. The minimum atomic E-state index is -0.589. The summed E-state index contributed by atoms with van der Waals surface area (Å²) in [6.07, 6.45) is 1.71. The second-order valence-electron chi connectivity index (χ2n) is 6.44. The molecule has 0 saturated carbocycles. The van der Waals surface area contributed by atoms with Crippen molar-refractivity contribution in [1.82, 2.24) is 9.88 Å². The number of Topliss-reactive ketones (excluding diaryl/α,β-unsaturated/α-hetero) is 1. The number of fused-ring (bicyclic) bond motifs is 1. The van der Waals surface area contributed by atoms with Crippen molar-refractivity contribution in [3.63, 3.8) is 0 Å². The molecule has 130 valence electrons. The highest BCUT2D eigenvalue weighted by Crippen LogP contribution is 2.21. The van der Waals surface area contributed by atoms with Gasteiger partial charge in [-0.25, -0.2) is 0 Å². The zero-order valence-corrected chi connectivity index (χ0v) is 14.6. The summed E-state index contributed by atoms with van der Waals surface area (Å²) >= 11 is 0. The van der Waals surface area contributed by atoms with Crippen molar-refractivity contribution >= 4 is 16.7 Å². The first-order valence-electron chi connectivity index (χ1n) is 8.61. The Morgan fingerprint density at radius 1 is 1.12 bits per heavy atom. The summed E-state index contributed by atoms with van der Waals surface area (Å²) in [5.41, 5.74) is 2.70. The number of aryl methyl sites for hydroxylation is 1. The van der Waals surface area contributed by atoms with Crippen molar-refractivity contribution in [2.24, 2.45) is 7.05 Å². The van der Waals surface area contributed by atoms with Gasteiger partial charge in [-0.1, -0.05) is 48.5 Å². The fourth-order valence-corrected chi connectivity index (χ4v) is 3.16. The number of aliphatic hydroxyl groups is 1. The Balaban J connectivity index is 1.59. The van der Waals surface area contributed by atoms with Crippen LogP contribution in [0.15, 0.2) is 60.8 Å². The van der Waals surface area contributed by atoms with E-state index in [1.54, 1.807) is 0 Å². The molecule has 3 aromatic rings. The minimum Gasteiger partial charge on any atom is -0.387 e. The van der Waals surface area contributed by atoms with E-state index in [9.17, 15) is 9.90 Å². The molecule has 0 saturated heterocycles. The number of carbonyl (C=O) groups excluding carboxylic acids is 1. The van der Waals surface area contributed by atoms with Crippen LogP contribution in [0.1, 0.15) is 35.4 Å². The molecule has 4 nitrogen and oxygen atoms in total. The number of benzene rings is 2. The predicted octanol–water partition coefficient (Wildman–Crippen LogP) is 3.46. The van der Waals surface area contributed by atoms with E-state index in [1.807, 2.05) is 79.3 Å². The first-order valence-corrected chi connectivity index (χ1v) is 8.61. The molecule has 1 heterocycles. The Morgan fingerprint density at radius 2 is 1.80 bits per heavy atom. The molecule has 0 amide bonds. The van der Waals surface area contributed by atoms with Crippen molar-refractivity contribution in [2.75, 3.05) is 6.54 Å². The molecule has 0 aliphatic rings. The molecular formula is C21H24N2O2. The van der Waals surface area contributed by atoms with E-state index in [0.29, 0.717) is 13.0 Å². The fraction of sp³-hybridized carbons (Fsp3) is 0.286. The lowest BCUT2D eigenvalue weighted by Crippen LogP contribution is -2.33. The standard InChI is InChI=1S/C21H24N2O2/c1-15(21(25)16-8-4-3-5-9-16)22-13-12-20(24)18-14-23(2)19-11-7-6-10-17(18)19/h3-11,14-15,21-22,25H,12-13H2,1-2H3/t15-,21-/m0/s1. The zero-order chi connectivity index (χ0) is 17.8. The molecule has 2 atom stereocenters. The molecular weight excluding hydrogens is 312 g/mol. The van der Waals surface area contributed by atoms with E-state index < -0.39 is 6.10 Å². The quantitative estimate of drug-likeness (QED) is 0.650. The number of rotatable bonds is 7. The van der Waals surface area contributed by atoms with Crippen LogP contribution in [-0.2, 0) is 7.05 Å². The highest BCUT2D eigenvalue weighted by atomic mass is 16.3. The smallest absolute Gasteiger partial charge is 0.166 e. The summed E-state index contributed by atoms with van der Waals surface area (Å²) in [5, 5.41) is 14.6. The number of nitrogens with zero attached hydrogens (tertiary/aromatic N) is 1. The van der Waals surface area contributed by atoms with Crippen LogP contribution < -0.4 is 5.32 Å². The van der Waals surface area contributed by atoms with Crippen LogP contribution in [0, 0.1) is 0 Å². The maximum atomic E-state index is 12.6. The lowest BCUT2D eigenvalue weighted by atomic mass is 10.0. The molecule has 0 aliphatic carbocycles. The van der Waals surface area contributed by atoms with Crippen LogP contribution >= 0.6 is 0 Å². The first-order chi connectivity index (χ1) is 12.1. The Labute approximate surface area is 148 Å². The predicted molar refractivity (Wildman–Crippen MR) is 101 cm³/mol. The SMILES string of the molecule is C[C@H](NCCC(=O)c1cn(C)c2ccccc12)[C@H](O)c1ccccc1. The number of aliphatic hydroxyl groups excluding tert-OH is 1. The van der Waals surface area contributed by atoms with Crippen LogP contribution in [0.5, 0.6) is 0 Å². The van der Waals surface area contributed by atoms with Gasteiger partial charge in [-0.3, -0.25) is 4.79 Å². The summed E-state index contributed by atoms with van der Waals surface area (Å²) < 4.78 is 1.98. The Kier molecular flexibility index (Phi) is 5.31. The van der Waals surface area contributed by atoms with Gasteiger partial charge in [0, 0.05) is 48.7 Å². The number of hydrogen-bond acceptors (Lipinski definition) is 3. The van der Waals surface area contributed by atoms with E-state index in [0.717, 1.165) is 22.0 Å². The van der Waals surface area contributed by atoms with Gasteiger partial charge >= 0.3 is 0 Å². The van der Waals surface area contributed by atoms with Gasteiger partial charge in [-0.15, -0.1) is 0 Å². The Morgan fingerprint density at radius 3 is 2.56 bits per heavy atom. The Hall–Kier alpha value is -2.43. The van der Waals surface area contributed by atoms with E-state index in [2.05, 4.69) is 5.32 Å². The van der Waals surface area contributed by atoms with Gasteiger partial charge in [0.1, 0.15) is 0 Å². The van der Waals surface area contributed by atoms with Gasteiger partial charge in [0.25, 0.3) is 0 Å². The number of nitrogens with one attached hydrogen (secondary N) is 1. The second-order valence-corrected chi connectivity index (χ2v) is 6.44. The average Bonchev–Trinajstić information content (AvgIpc) is 2.99. The number of ketones is 1. The van der Waals surface area contributed by atoms with Gasteiger partial charge < -0.3 is 15.0 Å². The van der Waals surface area contributed by atoms with E-state index in [1.165, 1.54) is 0 Å². The average molecular weight is 336 g/mol. The van der Waals surface area contributed by atoms with Gasteiger partial charge in [0.2, 0.25) is 0 Å². The molecule has 0 spiro atoms. The van der Waals surface area contributed by atoms with Gasteiger partial charge in [0.15, 0.2) is 5.78 Å². The molecule has 0 bridgehead atoms. The van der Waals surface area contributed by atoms with Gasteiger partial charge in [-0.05, 0) is 18.6 Å². The molecule has 0 radical (unpaired) electrons. The summed E-state index contributed by atoms with van der Waals surface area (Å²) in [6.45, 7) is 2.47. The third-order valence-electron chi connectivity index (χ3n) is 4.63. The van der Waals surface area contributed by atoms with Crippen molar-refractivity contribution < 1.29 is 9.90 Å². The van der Waals surface area contributed by atoms with E-state index in [-0.39, 0.29) is 11.8 Å². The molecule has 25 heavy (non-hydrogen) atoms. The first kappa shape index (κ1) is 17.4. The molecule has 0 fully saturated rings. The molecule has 3 rings (SSSR count). The van der Waals surface area contributed by atoms with Crippen LogP contribution in [0.4, 0.5) is 0 Å². The molecule has 2 aromatic carbocycles. The van der Waals surface area contributed by atoms with Gasteiger partial charge in [0.05, 0.1) is 6.10 Å². The topological polar surface area (TPSA) is 54.3 Å². The number of carbonyl (C=O) groups is 1. The van der Waals surface area contributed by atoms with Crippen LogP contribution in [-0.4, -0.2) is 28.0 Å². The molecule has 0 unspecified atom stereocenters. The second kappa shape index (κ2) is 7.64. The fourth-order valence-electron chi connectivity index (χ4n) is 3.16. The number of para-hydroxylation sites is 1. The van der Waals surface area contributed by atoms with Crippen LogP contribution in [0.2, 0.25) is 0 Å². The molecule has 4 heteroatoms. The zero-order valence-electron chi connectivity index (χ0n) is 14.6. The highest BCUT2D eigenvalue weighted by Gasteiger charge is 2.17. The van der Waals surface area contributed by atoms with E-state index >= 15 is 0 Å². The summed E-state index contributed by atoms with van der Waals surface area (Å²) in [4.78, 5) is 12.6. The van der Waals surface area contributed by atoms with Crippen molar-refractivity contribution in [1.29, 1.82) is 0 Å². The highest BCUT2D eigenvalue weighted by molar-refractivity contribution is 6.08. The largest absolute Gasteiger partial charge is 0.387 e. The minimum absolute atomic E-state index is 0.116.